The number of amides is 2. The summed E-state index contributed by atoms with van der Waals surface area (Å²) in [5.41, 5.74) is 0.401. The maximum atomic E-state index is 12.6. The number of carbonyl (C=O) groups excluding carboxylic acids is 1. The molecule has 1 N–H and O–H groups in total. The van der Waals surface area contributed by atoms with Gasteiger partial charge < -0.3 is 14.9 Å². The maximum Gasteiger partial charge on any atom is 0.320 e. The third-order valence-electron chi connectivity index (χ3n) is 5.79. The van der Waals surface area contributed by atoms with Gasteiger partial charge in [-0.2, -0.15) is 0 Å². The number of piperidine rings is 1. The van der Waals surface area contributed by atoms with Gasteiger partial charge in [-0.3, -0.25) is 4.79 Å². The van der Waals surface area contributed by atoms with E-state index < -0.39 is 11.9 Å². The zero-order chi connectivity index (χ0) is 15.6. The van der Waals surface area contributed by atoms with E-state index in [2.05, 4.69) is 13.8 Å². The molecule has 120 valence electrons. The van der Waals surface area contributed by atoms with Gasteiger partial charge in [0, 0.05) is 26.2 Å². The monoisotopic (exact) mass is 296 g/mol. The Morgan fingerprint density at radius 2 is 1.67 bits per heavy atom. The van der Waals surface area contributed by atoms with Crippen molar-refractivity contribution in [2.45, 2.75) is 46.5 Å². The summed E-state index contributed by atoms with van der Waals surface area (Å²) in [6, 6.07) is 0.0337. The van der Waals surface area contributed by atoms with E-state index in [1.54, 1.807) is 4.90 Å². The van der Waals surface area contributed by atoms with Crippen LogP contribution in [0.5, 0.6) is 0 Å². The summed E-state index contributed by atoms with van der Waals surface area (Å²) in [5.74, 6) is -1.15. The van der Waals surface area contributed by atoms with Gasteiger partial charge >= 0.3 is 12.0 Å². The van der Waals surface area contributed by atoms with Crippen molar-refractivity contribution in [1.82, 2.24) is 9.80 Å². The molecule has 0 spiro atoms. The minimum absolute atomic E-state index is 0.0337. The molecule has 2 rings (SSSR count). The van der Waals surface area contributed by atoms with Gasteiger partial charge in [0.15, 0.2) is 0 Å². The first-order chi connectivity index (χ1) is 9.92. The lowest BCUT2D eigenvalue weighted by atomic mass is 9.74. The highest BCUT2D eigenvalue weighted by atomic mass is 16.4. The molecule has 2 heterocycles. The number of nitrogens with zero attached hydrogens (tertiary/aromatic N) is 2. The van der Waals surface area contributed by atoms with Crippen LogP contribution >= 0.6 is 0 Å². The number of hydrogen-bond acceptors (Lipinski definition) is 2. The average molecular weight is 296 g/mol. The Kier molecular flexibility index (Phi) is 4.79. The van der Waals surface area contributed by atoms with Crippen molar-refractivity contribution in [2.24, 2.45) is 17.3 Å². The van der Waals surface area contributed by atoms with Gasteiger partial charge in [0.2, 0.25) is 0 Å². The van der Waals surface area contributed by atoms with Gasteiger partial charge in [-0.25, -0.2) is 4.79 Å². The van der Waals surface area contributed by atoms with Crippen molar-refractivity contribution in [1.29, 1.82) is 0 Å². The van der Waals surface area contributed by atoms with E-state index >= 15 is 0 Å². The van der Waals surface area contributed by atoms with E-state index in [1.165, 1.54) is 12.8 Å². The normalized spacial score (nSPS) is 28.7. The van der Waals surface area contributed by atoms with Crippen molar-refractivity contribution in [2.75, 3.05) is 26.2 Å². The molecule has 5 nitrogen and oxygen atoms in total. The molecule has 2 aliphatic rings. The largest absolute Gasteiger partial charge is 0.481 e. The number of carboxylic acids is 1. The number of hydrogen-bond donors (Lipinski definition) is 1. The molecule has 2 saturated heterocycles. The molecule has 2 atom stereocenters. The number of urea groups is 1. The third-order valence-corrected chi connectivity index (χ3v) is 5.79. The van der Waals surface area contributed by atoms with Crippen molar-refractivity contribution < 1.29 is 14.7 Å². The zero-order valence-corrected chi connectivity index (χ0v) is 13.5. The molecule has 5 heteroatoms. The van der Waals surface area contributed by atoms with Crippen LogP contribution in [0.4, 0.5) is 4.79 Å². The first-order valence-electron chi connectivity index (χ1n) is 8.19. The Labute approximate surface area is 127 Å². The number of carbonyl (C=O) groups is 2. The molecule has 0 unspecified atom stereocenters. The summed E-state index contributed by atoms with van der Waals surface area (Å²) in [6.07, 6.45) is 4.48. The van der Waals surface area contributed by atoms with Crippen LogP contribution < -0.4 is 0 Å². The molecule has 0 saturated carbocycles. The summed E-state index contributed by atoms with van der Waals surface area (Å²) < 4.78 is 0. The van der Waals surface area contributed by atoms with Crippen molar-refractivity contribution in [3.05, 3.63) is 0 Å². The predicted octanol–water partition coefficient (Wildman–Crippen LogP) is 2.66. The van der Waals surface area contributed by atoms with Gasteiger partial charge in [-0.05, 0) is 24.2 Å². The lowest BCUT2D eigenvalue weighted by molar-refractivity contribution is -0.142. The minimum atomic E-state index is -0.785. The first-order valence-corrected chi connectivity index (χ1v) is 8.19. The number of carboxylic acid groups (broad SMARTS) is 1. The van der Waals surface area contributed by atoms with E-state index in [4.69, 9.17) is 0 Å². The molecule has 2 amide bonds. The summed E-state index contributed by atoms with van der Waals surface area (Å²) in [7, 11) is 0. The molecule has 0 bridgehead atoms. The Bertz CT molecular complexity index is 396. The summed E-state index contributed by atoms with van der Waals surface area (Å²) in [5, 5.41) is 9.17. The third kappa shape index (κ3) is 3.16. The van der Waals surface area contributed by atoms with E-state index in [9.17, 15) is 14.7 Å². The predicted molar refractivity (Wildman–Crippen MR) is 81.1 cm³/mol. The van der Waals surface area contributed by atoms with Gasteiger partial charge in [-0.15, -0.1) is 0 Å². The fourth-order valence-corrected chi connectivity index (χ4v) is 3.77. The second-order valence-electron chi connectivity index (χ2n) is 6.80. The molecular formula is C16H28N2O3. The highest BCUT2D eigenvalue weighted by molar-refractivity contribution is 5.77. The molecule has 0 aliphatic carbocycles. The molecule has 21 heavy (non-hydrogen) atoms. The van der Waals surface area contributed by atoms with Crippen LogP contribution in [-0.4, -0.2) is 53.1 Å². The lowest BCUT2D eigenvalue weighted by Crippen LogP contribution is -2.48. The molecule has 2 aliphatic heterocycles. The van der Waals surface area contributed by atoms with E-state index in [-0.39, 0.29) is 11.9 Å². The SMILES string of the molecule is CCC1(CC)CCN(C(=O)N2C[C@@H](C)[C@H](C(=O)O)C2)CC1. The zero-order valence-electron chi connectivity index (χ0n) is 13.5. The minimum Gasteiger partial charge on any atom is -0.481 e. The van der Waals surface area contributed by atoms with Crippen molar-refractivity contribution in [3.63, 3.8) is 0 Å². The van der Waals surface area contributed by atoms with Crippen LogP contribution in [0, 0.1) is 17.3 Å². The van der Waals surface area contributed by atoms with Gasteiger partial charge in [0.05, 0.1) is 5.92 Å². The van der Waals surface area contributed by atoms with Crippen molar-refractivity contribution in [3.8, 4) is 0 Å². The first kappa shape index (κ1) is 16.1. The van der Waals surface area contributed by atoms with Crippen LogP contribution in [0.2, 0.25) is 0 Å². The van der Waals surface area contributed by atoms with Gasteiger partial charge in [0.25, 0.3) is 0 Å². The van der Waals surface area contributed by atoms with Crippen LogP contribution in [0.1, 0.15) is 46.5 Å². The fourth-order valence-electron chi connectivity index (χ4n) is 3.77. The van der Waals surface area contributed by atoms with Crippen LogP contribution in [0.25, 0.3) is 0 Å². The van der Waals surface area contributed by atoms with Crippen LogP contribution in [-0.2, 0) is 4.79 Å². The summed E-state index contributed by atoms with van der Waals surface area (Å²) in [6.45, 7) is 8.94. The highest BCUT2D eigenvalue weighted by Crippen LogP contribution is 2.38. The molecule has 0 aromatic heterocycles. The second kappa shape index (κ2) is 6.24. The Morgan fingerprint density at radius 1 is 1.10 bits per heavy atom. The van der Waals surface area contributed by atoms with Gasteiger partial charge in [0.1, 0.15) is 0 Å². The smallest absolute Gasteiger partial charge is 0.320 e. The number of rotatable bonds is 3. The molecular weight excluding hydrogens is 268 g/mol. The Hall–Kier alpha value is -1.26. The number of aliphatic carboxylic acids is 1. The second-order valence-corrected chi connectivity index (χ2v) is 6.80. The van der Waals surface area contributed by atoms with Crippen molar-refractivity contribution >= 4 is 12.0 Å². The summed E-state index contributed by atoms with van der Waals surface area (Å²) >= 11 is 0. The Balaban J connectivity index is 1.93. The molecule has 2 fully saturated rings. The Morgan fingerprint density at radius 3 is 2.10 bits per heavy atom. The maximum absolute atomic E-state index is 12.6. The van der Waals surface area contributed by atoms with Crippen LogP contribution in [0.3, 0.4) is 0 Å². The summed E-state index contributed by atoms with van der Waals surface area (Å²) in [4.78, 5) is 27.4. The molecule has 0 aromatic rings. The number of likely N-dealkylation sites (tertiary alicyclic amines) is 2. The van der Waals surface area contributed by atoms with E-state index in [1.807, 2.05) is 11.8 Å². The lowest BCUT2D eigenvalue weighted by Gasteiger charge is -2.42. The van der Waals surface area contributed by atoms with Crippen LogP contribution in [0.15, 0.2) is 0 Å². The molecule has 0 aromatic carbocycles. The van der Waals surface area contributed by atoms with E-state index in [0.29, 0.717) is 18.5 Å². The highest BCUT2D eigenvalue weighted by Gasteiger charge is 2.40. The molecule has 0 radical (unpaired) electrons. The van der Waals surface area contributed by atoms with E-state index in [0.717, 1.165) is 25.9 Å². The average Bonchev–Trinajstić information content (AvgIpc) is 2.89. The topological polar surface area (TPSA) is 60.9 Å². The standard InChI is InChI=1S/C16H28N2O3/c1-4-16(5-2)6-8-17(9-7-16)15(21)18-10-12(3)13(11-18)14(19)20/h12-13H,4-11H2,1-3H3,(H,19,20)/t12-,13-/m1/s1. The fraction of sp³-hybridized carbons (Fsp3) is 0.875. The quantitative estimate of drug-likeness (QED) is 0.871. The van der Waals surface area contributed by atoms with Gasteiger partial charge in [-0.1, -0.05) is 33.6 Å².